The van der Waals surface area contributed by atoms with Crippen molar-refractivity contribution in [2.45, 2.75) is 19.4 Å². The van der Waals surface area contributed by atoms with E-state index in [4.69, 9.17) is 0 Å². The molecule has 0 N–H and O–H groups in total. The zero-order chi connectivity index (χ0) is 12.0. The Kier molecular flexibility index (Phi) is 2.15. The summed E-state index contributed by atoms with van der Waals surface area (Å²) in [7, 11) is 1.34. The van der Waals surface area contributed by atoms with Gasteiger partial charge in [0.1, 0.15) is 6.04 Å². The van der Waals surface area contributed by atoms with E-state index in [-0.39, 0.29) is 12.3 Å². The van der Waals surface area contributed by atoms with Gasteiger partial charge in [-0.25, -0.2) is 0 Å². The van der Waals surface area contributed by atoms with E-state index in [9.17, 15) is 19.2 Å². The molecule has 4 amide bonds. The topological polar surface area (TPSA) is 74.8 Å². The van der Waals surface area contributed by atoms with Gasteiger partial charge < -0.3 is 0 Å². The molecule has 2 aliphatic heterocycles. The summed E-state index contributed by atoms with van der Waals surface area (Å²) < 4.78 is 0. The van der Waals surface area contributed by atoms with E-state index < -0.39 is 23.8 Å². The Balaban J connectivity index is 2.29. The Morgan fingerprint density at radius 3 is 2.25 bits per heavy atom. The number of likely N-dealkylation sites (N-methyl/N-ethyl adjacent to an activating group) is 1. The Morgan fingerprint density at radius 1 is 1.25 bits per heavy atom. The molecular weight excluding hydrogens is 212 g/mol. The molecule has 0 saturated carbocycles. The van der Waals surface area contributed by atoms with Crippen LogP contribution in [0.4, 0.5) is 0 Å². The molecule has 0 aromatic carbocycles. The average Bonchev–Trinajstić information content (AvgIpc) is 2.60. The van der Waals surface area contributed by atoms with Gasteiger partial charge in [0, 0.05) is 18.7 Å². The minimum absolute atomic E-state index is 0.117. The Hall–Kier alpha value is -1.98. The van der Waals surface area contributed by atoms with Gasteiger partial charge in [0.05, 0.1) is 6.42 Å². The smallest absolute Gasteiger partial charge is 0.257 e. The van der Waals surface area contributed by atoms with Crippen LogP contribution in [0.25, 0.3) is 0 Å². The lowest BCUT2D eigenvalue weighted by atomic mass is 10.2. The van der Waals surface area contributed by atoms with Crippen molar-refractivity contribution in [2.24, 2.45) is 0 Å². The highest BCUT2D eigenvalue weighted by Gasteiger charge is 2.46. The molecule has 16 heavy (non-hydrogen) atoms. The molecule has 1 atom stereocenters. The van der Waals surface area contributed by atoms with Gasteiger partial charge in [-0.3, -0.25) is 29.0 Å². The van der Waals surface area contributed by atoms with Crippen molar-refractivity contribution in [2.75, 3.05) is 7.05 Å². The van der Waals surface area contributed by atoms with E-state index in [1.165, 1.54) is 20.0 Å². The number of rotatable bonds is 1. The van der Waals surface area contributed by atoms with Crippen molar-refractivity contribution in [1.29, 1.82) is 0 Å². The van der Waals surface area contributed by atoms with Gasteiger partial charge in [-0.2, -0.15) is 0 Å². The van der Waals surface area contributed by atoms with Crippen LogP contribution in [-0.4, -0.2) is 46.5 Å². The van der Waals surface area contributed by atoms with Crippen LogP contribution in [0.15, 0.2) is 11.6 Å². The molecule has 6 heteroatoms. The van der Waals surface area contributed by atoms with Crippen LogP contribution in [0.3, 0.4) is 0 Å². The second kappa shape index (κ2) is 3.26. The van der Waals surface area contributed by atoms with Crippen molar-refractivity contribution in [3.05, 3.63) is 11.6 Å². The van der Waals surface area contributed by atoms with E-state index in [0.29, 0.717) is 5.57 Å². The van der Waals surface area contributed by atoms with Crippen LogP contribution >= 0.6 is 0 Å². The fraction of sp³-hybridized carbons (Fsp3) is 0.400. The Bertz CT molecular complexity index is 452. The number of likely N-dealkylation sites (tertiary alicyclic amines) is 1. The third kappa shape index (κ3) is 1.26. The van der Waals surface area contributed by atoms with Crippen LogP contribution in [0, 0.1) is 0 Å². The predicted molar refractivity (Wildman–Crippen MR) is 51.8 cm³/mol. The quantitative estimate of drug-likeness (QED) is 0.536. The zero-order valence-electron chi connectivity index (χ0n) is 8.89. The molecule has 84 valence electrons. The first-order valence-electron chi connectivity index (χ1n) is 4.79. The Morgan fingerprint density at radius 2 is 1.88 bits per heavy atom. The minimum atomic E-state index is -0.966. The highest BCUT2D eigenvalue weighted by Crippen LogP contribution is 2.23. The molecule has 1 fully saturated rings. The SMILES string of the molecule is CC1=CC(=O)N(C2CC(=O)N(C)C2=O)C1=O. The number of carbonyl (C=O) groups is 4. The van der Waals surface area contributed by atoms with Crippen molar-refractivity contribution < 1.29 is 19.2 Å². The average molecular weight is 222 g/mol. The third-order valence-electron chi connectivity index (χ3n) is 2.80. The molecule has 1 saturated heterocycles. The lowest BCUT2D eigenvalue weighted by Crippen LogP contribution is -2.45. The maximum atomic E-state index is 11.6. The van der Waals surface area contributed by atoms with Gasteiger partial charge in [-0.05, 0) is 6.92 Å². The Labute approximate surface area is 91.5 Å². The zero-order valence-corrected chi connectivity index (χ0v) is 8.89. The largest absolute Gasteiger partial charge is 0.284 e. The van der Waals surface area contributed by atoms with Gasteiger partial charge in [0.15, 0.2) is 0 Å². The molecule has 0 aliphatic carbocycles. The van der Waals surface area contributed by atoms with Gasteiger partial charge in [0.2, 0.25) is 5.91 Å². The van der Waals surface area contributed by atoms with E-state index in [2.05, 4.69) is 0 Å². The number of imide groups is 2. The molecule has 0 bridgehead atoms. The molecule has 2 aliphatic rings. The summed E-state index contributed by atoms with van der Waals surface area (Å²) in [6.07, 6.45) is 1.06. The van der Waals surface area contributed by atoms with Crippen molar-refractivity contribution in [3.63, 3.8) is 0 Å². The summed E-state index contributed by atoms with van der Waals surface area (Å²) in [5, 5.41) is 0. The maximum Gasteiger partial charge on any atom is 0.257 e. The van der Waals surface area contributed by atoms with Crippen molar-refractivity contribution in [3.8, 4) is 0 Å². The van der Waals surface area contributed by atoms with Crippen LogP contribution < -0.4 is 0 Å². The van der Waals surface area contributed by atoms with Gasteiger partial charge >= 0.3 is 0 Å². The maximum absolute atomic E-state index is 11.6. The standard InChI is InChI=1S/C10H10N2O4/c1-5-3-8(14)12(9(5)15)6-4-7(13)11(2)10(6)16/h3,6H,4H2,1-2H3. The molecule has 0 radical (unpaired) electrons. The second-order valence-electron chi connectivity index (χ2n) is 3.85. The van der Waals surface area contributed by atoms with Crippen LogP contribution in [0.1, 0.15) is 13.3 Å². The monoisotopic (exact) mass is 222 g/mol. The summed E-state index contributed by atoms with van der Waals surface area (Å²) >= 11 is 0. The molecule has 2 rings (SSSR count). The third-order valence-corrected chi connectivity index (χ3v) is 2.80. The number of carbonyl (C=O) groups excluding carboxylic acids is 4. The normalized spacial score (nSPS) is 25.9. The van der Waals surface area contributed by atoms with Crippen LogP contribution in [0.2, 0.25) is 0 Å². The number of amides is 4. The van der Waals surface area contributed by atoms with E-state index >= 15 is 0 Å². The molecule has 0 aromatic rings. The molecule has 2 heterocycles. The first-order valence-corrected chi connectivity index (χ1v) is 4.79. The summed E-state index contributed by atoms with van der Waals surface area (Å²) in [4.78, 5) is 47.8. The molecule has 1 unspecified atom stereocenters. The van der Waals surface area contributed by atoms with E-state index in [1.807, 2.05) is 0 Å². The van der Waals surface area contributed by atoms with Crippen LogP contribution in [0.5, 0.6) is 0 Å². The molecular formula is C10H10N2O4. The van der Waals surface area contributed by atoms with Gasteiger partial charge in [-0.15, -0.1) is 0 Å². The molecule has 6 nitrogen and oxygen atoms in total. The minimum Gasteiger partial charge on any atom is -0.284 e. The van der Waals surface area contributed by atoms with E-state index in [1.54, 1.807) is 0 Å². The van der Waals surface area contributed by atoms with Crippen LogP contribution in [-0.2, 0) is 19.2 Å². The van der Waals surface area contributed by atoms with Gasteiger partial charge in [-0.1, -0.05) is 0 Å². The summed E-state index contributed by atoms with van der Waals surface area (Å²) in [5.74, 6) is -1.90. The fourth-order valence-electron chi connectivity index (χ4n) is 1.84. The van der Waals surface area contributed by atoms with Crippen molar-refractivity contribution >= 4 is 23.6 Å². The number of hydrogen-bond donors (Lipinski definition) is 0. The molecule has 0 spiro atoms. The summed E-state index contributed by atoms with van der Waals surface area (Å²) in [6.45, 7) is 1.51. The first-order chi connectivity index (χ1) is 7.43. The lowest BCUT2D eigenvalue weighted by molar-refractivity contribution is -0.147. The highest BCUT2D eigenvalue weighted by molar-refractivity contribution is 6.19. The number of hydrogen-bond acceptors (Lipinski definition) is 4. The summed E-state index contributed by atoms with van der Waals surface area (Å²) in [5.41, 5.74) is 0.291. The highest BCUT2D eigenvalue weighted by atomic mass is 16.2. The predicted octanol–water partition coefficient (Wildman–Crippen LogP) is -0.941. The second-order valence-corrected chi connectivity index (χ2v) is 3.85. The first kappa shape index (κ1) is 10.5. The van der Waals surface area contributed by atoms with Gasteiger partial charge in [0.25, 0.3) is 17.7 Å². The number of nitrogens with zero attached hydrogens (tertiary/aromatic N) is 2. The van der Waals surface area contributed by atoms with Crippen molar-refractivity contribution in [1.82, 2.24) is 9.80 Å². The van der Waals surface area contributed by atoms with E-state index in [0.717, 1.165) is 9.80 Å². The fourth-order valence-corrected chi connectivity index (χ4v) is 1.84. The lowest BCUT2D eigenvalue weighted by Gasteiger charge is -2.19. The molecule has 0 aromatic heterocycles. The summed E-state index contributed by atoms with van der Waals surface area (Å²) in [6, 6.07) is -0.966.